The van der Waals surface area contributed by atoms with E-state index in [1.807, 2.05) is 18.3 Å². The molecular formula is C13H23N3. The SMILES string of the molecule is CCCCC(CCC)Nc1ccc(N)nc1. The van der Waals surface area contributed by atoms with Crippen LogP contribution in [0.2, 0.25) is 0 Å². The molecule has 1 aromatic heterocycles. The second kappa shape index (κ2) is 7.09. The summed E-state index contributed by atoms with van der Waals surface area (Å²) in [7, 11) is 0. The van der Waals surface area contributed by atoms with E-state index in [9.17, 15) is 0 Å². The number of unbranched alkanes of at least 4 members (excludes halogenated alkanes) is 1. The zero-order valence-corrected chi connectivity index (χ0v) is 10.4. The lowest BCUT2D eigenvalue weighted by Crippen LogP contribution is -2.19. The summed E-state index contributed by atoms with van der Waals surface area (Å²) in [4.78, 5) is 4.09. The van der Waals surface area contributed by atoms with Crippen LogP contribution in [0.1, 0.15) is 46.0 Å². The van der Waals surface area contributed by atoms with E-state index >= 15 is 0 Å². The number of aromatic nitrogens is 1. The van der Waals surface area contributed by atoms with Gasteiger partial charge in [0.25, 0.3) is 0 Å². The van der Waals surface area contributed by atoms with E-state index in [1.54, 1.807) is 0 Å². The minimum atomic E-state index is 0.565. The van der Waals surface area contributed by atoms with Crippen molar-refractivity contribution >= 4 is 11.5 Å². The fourth-order valence-electron chi connectivity index (χ4n) is 1.81. The molecule has 1 atom stereocenters. The Morgan fingerprint density at radius 1 is 1.25 bits per heavy atom. The lowest BCUT2D eigenvalue weighted by molar-refractivity contribution is 0.564. The third kappa shape index (κ3) is 4.51. The summed E-state index contributed by atoms with van der Waals surface area (Å²) in [5.41, 5.74) is 6.63. The zero-order chi connectivity index (χ0) is 11.8. The standard InChI is InChI=1S/C13H23N3/c1-3-5-7-11(6-4-2)16-12-8-9-13(14)15-10-12/h8-11,16H,3-7H2,1-2H3,(H2,14,15). The van der Waals surface area contributed by atoms with Crippen LogP contribution in [0.5, 0.6) is 0 Å². The van der Waals surface area contributed by atoms with Crippen molar-refractivity contribution in [1.29, 1.82) is 0 Å². The van der Waals surface area contributed by atoms with Crippen molar-refractivity contribution in [3.63, 3.8) is 0 Å². The van der Waals surface area contributed by atoms with Crippen molar-refractivity contribution in [1.82, 2.24) is 4.98 Å². The van der Waals surface area contributed by atoms with Crippen LogP contribution in [0.4, 0.5) is 11.5 Å². The van der Waals surface area contributed by atoms with Gasteiger partial charge in [-0.25, -0.2) is 4.98 Å². The molecule has 1 aromatic rings. The lowest BCUT2D eigenvalue weighted by Gasteiger charge is -2.18. The summed E-state index contributed by atoms with van der Waals surface area (Å²) in [6.45, 7) is 4.45. The van der Waals surface area contributed by atoms with Gasteiger partial charge in [0, 0.05) is 6.04 Å². The van der Waals surface area contributed by atoms with Gasteiger partial charge >= 0.3 is 0 Å². The van der Waals surface area contributed by atoms with Crippen LogP contribution in [0, 0.1) is 0 Å². The first-order chi connectivity index (χ1) is 7.76. The molecule has 0 aromatic carbocycles. The molecule has 3 nitrogen and oxygen atoms in total. The molecule has 0 aliphatic carbocycles. The van der Waals surface area contributed by atoms with Crippen LogP contribution in [-0.4, -0.2) is 11.0 Å². The molecule has 0 aliphatic heterocycles. The van der Waals surface area contributed by atoms with Gasteiger partial charge in [-0.2, -0.15) is 0 Å². The Labute approximate surface area is 98.5 Å². The van der Waals surface area contributed by atoms with E-state index in [-0.39, 0.29) is 0 Å². The average molecular weight is 221 g/mol. The highest BCUT2D eigenvalue weighted by molar-refractivity contribution is 5.45. The molecule has 0 amide bonds. The van der Waals surface area contributed by atoms with E-state index in [0.29, 0.717) is 11.9 Å². The maximum Gasteiger partial charge on any atom is 0.123 e. The van der Waals surface area contributed by atoms with Crippen LogP contribution in [0.25, 0.3) is 0 Å². The molecule has 0 spiro atoms. The Morgan fingerprint density at radius 2 is 2.06 bits per heavy atom. The molecule has 1 heterocycles. The maximum absolute atomic E-state index is 5.56. The molecular weight excluding hydrogens is 198 g/mol. The van der Waals surface area contributed by atoms with E-state index in [2.05, 4.69) is 24.1 Å². The topological polar surface area (TPSA) is 50.9 Å². The number of rotatable bonds is 7. The predicted molar refractivity (Wildman–Crippen MR) is 70.5 cm³/mol. The van der Waals surface area contributed by atoms with Crippen molar-refractivity contribution in [3.05, 3.63) is 18.3 Å². The number of nitrogens with two attached hydrogens (primary N) is 1. The summed E-state index contributed by atoms with van der Waals surface area (Å²) in [5.74, 6) is 0.575. The van der Waals surface area contributed by atoms with Crippen molar-refractivity contribution in [2.24, 2.45) is 0 Å². The molecule has 0 aliphatic rings. The largest absolute Gasteiger partial charge is 0.384 e. The van der Waals surface area contributed by atoms with Crippen LogP contribution >= 0.6 is 0 Å². The summed E-state index contributed by atoms with van der Waals surface area (Å²) < 4.78 is 0. The summed E-state index contributed by atoms with van der Waals surface area (Å²) in [6.07, 6.45) is 7.99. The van der Waals surface area contributed by atoms with Crippen LogP contribution in [0.15, 0.2) is 18.3 Å². The van der Waals surface area contributed by atoms with E-state index in [0.717, 1.165) is 5.69 Å². The molecule has 1 unspecified atom stereocenters. The Hall–Kier alpha value is -1.25. The Morgan fingerprint density at radius 3 is 2.62 bits per heavy atom. The first-order valence-corrected chi connectivity index (χ1v) is 6.24. The lowest BCUT2D eigenvalue weighted by atomic mass is 10.1. The number of nitrogens with one attached hydrogen (secondary N) is 1. The van der Waals surface area contributed by atoms with Gasteiger partial charge in [-0.05, 0) is 25.0 Å². The predicted octanol–water partition coefficient (Wildman–Crippen LogP) is 3.43. The van der Waals surface area contributed by atoms with Gasteiger partial charge < -0.3 is 11.1 Å². The number of hydrogen-bond donors (Lipinski definition) is 2. The first-order valence-electron chi connectivity index (χ1n) is 6.24. The summed E-state index contributed by atoms with van der Waals surface area (Å²) in [6, 6.07) is 4.40. The maximum atomic E-state index is 5.56. The number of nitrogens with zero attached hydrogens (tertiary/aromatic N) is 1. The molecule has 3 N–H and O–H groups in total. The van der Waals surface area contributed by atoms with Crippen molar-refractivity contribution in [2.45, 2.75) is 52.0 Å². The molecule has 0 saturated heterocycles. The number of hydrogen-bond acceptors (Lipinski definition) is 3. The number of pyridine rings is 1. The van der Waals surface area contributed by atoms with Gasteiger partial charge in [0.1, 0.15) is 5.82 Å². The highest BCUT2D eigenvalue weighted by atomic mass is 14.9. The normalized spacial score (nSPS) is 12.4. The minimum Gasteiger partial charge on any atom is -0.384 e. The van der Waals surface area contributed by atoms with E-state index < -0.39 is 0 Å². The molecule has 16 heavy (non-hydrogen) atoms. The van der Waals surface area contributed by atoms with Crippen LogP contribution in [-0.2, 0) is 0 Å². The minimum absolute atomic E-state index is 0.565. The van der Waals surface area contributed by atoms with Crippen molar-refractivity contribution < 1.29 is 0 Å². The van der Waals surface area contributed by atoms with Crippen LogP contribution < -0.4 is 11.1 Å². The average Bonchev–Trinajstić information content (AvgIpc) is 2.29. The molecule has 0 saturated carbocycles. The fourth-order valence-corrected chi connectivity index (χ4v) is 1.81. The molecule has 0 bridgehead atoms. The van der Waals surface area contributed by atoms with E-state index in [1.165, 1.54) is 32.1 Å². The monoisotopic (exact) mass is 221 g/mol. The smallest absolute Gasteiger partial charge is 0.123 e. The number of nitrogen functional groups attached to an aromatic ring is 1. The molecule has 1 rings (SSSR count). The fraction of sp³-hybridized carbons (Fsp3) is 0.615. The van der Waals surface area contributed by atoms with Crippen molar-refractivity contribution in [2.75, 3.05) is 11.1 Å². The Kier molecular flexibility index (Phi) is 5.68. The quantitative estimate of drug-likeness (QED) is 0.741. The third-order valence-electron chi connectivity index (χ3n) is 2.70. The Balaban J connectivity index is 2.49. The van der Waals surface area contributed by atoms with Gasteiger partial charge in [0.15, 0.2) is 0 Å². The molecule has 0 radical (unpaired) electrons. The van der Waals surface area contributed by atoms with Crippen LogP contribution in [0.3, 0.4) is 0 Å². The second-order valence-electron chi connectivity index (χ2n) is 4.24. The highest BCUT2D eigenvalue weighted by Gasteiger charge is 2.06. The van der Waals surface area contributed by atoms with Gasteiger partial charge in [-0.1, -0.05) is 33.1 Å². The van der Waals surface area contributed by atoms with Gasteiger partial charge in [-0.3, -0.25) is 0 Å². The third-order valence-corrected chi connectivity index (χ3v) is 2.70. The van der Waals surface area contributed by atoms with Gasteiger partial charge in [0.2, 0.25) is 0 Å². The van der Waals surface area contributed by atoms with Crippen molar-refractivity contribution in [3.8, 4) is 0 Å². The van der Waals surface area contributed by atoms with E-state index in [4.69, 9.17) is 5.73 Å². The van der Waals surface area contributed by atoms with Gasteiger partial charge in [0.05, 0.1) is 11.9 Å². The first kappa shape index (κ1) is 12.8. The summed E-state index contributed by atoms with van der Waals surface area (Å²) in [5, 5.41) is 3.52. The Bertz CT molecular complexity index is 282. The molecule has 3 heteroatoms. The zero-order valence-electron chi connectivity index (χ0n) is 10.4. The molecule has 0 fully saturated rings. The summed E-state index contributed by atoms with van der Waals surface area (Å²) >= 11 is 0. The van der Waals surface area contributed by atoms with Gasteiger partial charge in [-0.15, -0.1) is 0 Å². The second-order valence-corrected chi connectivity index (χ2v) is 4.24. The number of anilines is 2. The highest BCUT2D eigenvalue weighted by Crippen LogP contribution is 2.15. The molecule has 90 valence electrons.